The van der Waals surface area contributed by atoms with E-state index in [1.165, 1.54) is 30.5 Å². The van der Waals surface area contributed by atoms with E-state index in [1.54, 1.807) is 0 Å². The summed E-state index contributed by atoms with van der Waals surface area (Å²) in [5.74, 6) is 0.983. The molecule has 3 nitrogen and oxygen atoms in total. The Balaban J connectivity index is 0. The van der Waals surface area contributed by atoms with Gasteiger partial charge in [-0.05, 0) is 57.4 Å². The minimum Gasteiger partial charge on any atom is -0.375 e. The number of anilines is 1. The van der Waals surface area contributed by atoms with E-state index in [9.17, 15) is 4.79 Å². The van der Waals surface area contributed by atoms with Crippen molar-refractivity contribution in [2.75, 3.05) is 12.4 Å². The zero-order chi connectivity index (χ0) is 16.3. The normalized spacial score (nSPS) is 8.40. The number of carbonyl (C=O) groups excluding carboxylic acids is 1. The SMILES string of the molecule is C=C(NC)Nc1cc(C)c(C)cc1C.CC.CC(C)=O. The Morgan fingerprint density at radius 1 is 1.00 bits per heavy atom. The van der Waals surface area contributed by atoms with Crippen molar-refractivity contribution in [3.63, 3.8) is 0 Å². The molecule has 20 heavy (non-hydrogen) atoms. The fourth-order valence-electron chi connectivity index (χ4n) is 1.32. The van der Waals surface area contributed by atoms with Gasteiger partial charge < -0.3 is 15.4 Å². The highest BCUT2D eigenvalue weighted by Crippen LogP contribution is 2.20. The summed E-state index contributed by atoms with van der Waals surface area (Å²) in [7, 11) is 1.85. The molecule has 0 heterocycles. The molecule has 3 heteroatoms. The first-order chi connectivity index (χ1) is 9.27. The van der Waals surface area contributed by atoms with Crippen molar-refractivity contribution in [3.8, 4) is 0 Å². The zero-order valence-electron chi connectivity index (χ0n) is 14.3. The summed E-state index contributed by atoms with van der Waals surface area (Å²) in [4.78, 5) is 9.44. The minimum absolute atomic E-state index is 0.167. The first kappa shape index (κ1) is 20.5. The topological polar surface area (TPSA) is 41.1 Å². The fraction of sp³-hybridized carbons (Fsp3) is 0.471. The Kier molecular flexibility index (Phi) is 11.4. The second-order valence-corrected chi connectivity index (χ2v) is 4.51. The van der Waals surface area contributed by atoms with Crippen molar-refractivity contribution >= 4 is 11.5 Å². The molecule has 0 fully saturated rings. The van der Waals surface area contributed by atoms with E-state index in [1.807, 2.05) is 20.9 Å². The molecule has 0 aliphatic rings. The number of aryl methyl sites for hydroxylation is 3. The molecule has 0 aliphatic heterocycles. The van der Waals surface area contributed by atoms with Crippen LogP contribution in [0.15, 0.2) is 24.5 Å². The Bertz CT molecular complexity index is 433. The van der Waals surface area contributed by atoms with Crippen molar-refractivity contribution in [2.24, 2.45) is 0 Å². The summed E-state index contributed by atoms with van der Waals surface area (Å²) in [6, 6.07) is 4.33. The van der Waals surface area contributed by atoms with Gasteiger partial charge in [-0.1, -0.05) is 26.5 Å². The molecule has 0 aromatic heterocycles. The van der Waals surface area contributed by atoms with Gasteiger partial charge in [0.25, 0.3) is 0 Å². The molecule has 0 saturated carbocycles. The number of carbonyl (C=O) groups is 1. The number of ketones is 1. The van der Waals surface area contributed by atoms with Crippen molar-refractivity contribution in [3.05, 3.63) is 41.2 Å². The van der Waals surface area contributed by atoms with Gasteiger partial charge in [-0.25, -0.2) is 0 Å². The molecule has 114 valence electrons. The molecule has 1 aromatic rings. The Morgan fingerprint density at radius 2 is 1.40 bits per heavy atom. The van der Waals surface area contributed by atoms with E-state index in [-0.39, 0.29) is 5.78 Å². The van der Waals surface area contributed by atoms with Crippen LogP contribution in [0.4, 0.5) is 5.69 Å². The third-order valence-electron chi connectivity index (χ3n) is 2.43. The number of benzene rings is 1. The molecule has 0 spiro atoms. The van der Waals surface area contributed by atoms with Crippen LogP contribution in [0.3, 0.4) is 0 Å². The molecule has 0 radical (unpaired) electrons. The molecule has 0 amide bonds. The smallest absolute Gasteiger partial charge is 0.126 e. The van der Waals surface area contributed by atoms with Crippen LogP contribution in [-0.2, 0) is 4.79 Å². The monoisotopic (exact) mass is 278 g/mol. The maximum absolute atomic E-state index is 9.44. The van der Waals surface area contributed by atoms with Crippen LogP contribution in [-0.4, -0.2) is 12.8 Å². The van der Waals surface area contributed by atoms with Gasteiger partial charge in [-0.15, -0.1) is 0 Å². The number of hydrogen-bond acceptors (Lipinski definition) is 3. The zero-order valence-corrected chi connectivity index (χ0v) is 14.3. The lowest BCUT2D eigenvalue weighted by Gasteiger charge is -2.13. The maximum Gasteiger partial charge on any atom is 0.126 e. The van der Waals surface area contributed by atoms with Crippen molar-refractivity contribution in [2.45, 2.75) is 48.5 Å². The minimum atomic E-state index is 0.167. The summed E-state index contributed by atoms with van der Waals surface area (Å²) >= 11 is 0. The Labute approximate surface area is 124 Å². The lowest BCUT2D eigenvalue weighted by molar-refractivity contribution is -0.114. The molecular weight excluding hydrogens is 248 g/mol. The summed E-state index contributed by atoms with van der Waals surface area (Å²) in [5, 5.41) is 6.19. The van der Waals surface area contributed by atoms with Crippen LogP contribution in [0, 0.1) is 20.8 Å². The summed E-state index contributed by atoms with van der Waals surface area (Å²) in [6.07, 6.45) is 0. The first-order valence-corrected chi connectivity index (χ1v) is 6.96. The standard InChI is InChI=1S/C12H18N2.C3H6O.C2H6/c1-8-6-10(3)12(7-9(8)2)14-11(4)13-5;1-3(2)4;1-2/h6-7,13-14H,4H2,1-3,5H3;1-2H3;1-2H3. The fourth-order valence-corrected chi connectivity index (χ4v) is 1.32. The number of rotatable bonds is 3. The van der Waals surface area contributed by atoms with Gasteiger partial charge in [0.15, 0.2) is 0 Å². The van der Waals surface area contributed by atoms with E-state index < -0.39 is 0 Å². The van der Waals surface area contributed by atoms with Crippen LogP contribution >= 0.6 is 0 Å². The van der Waals surface area contributed by atoms with E-state index in [0.717, 1.165) is 11.5 Å². The lowest BCUT2D eigenvalue weighted by atomic mass is 10.1. The molecule has 0 unspecified atom stereocenters. The van der Waals surface area contributed by atoms with Gasteiger partial charge in [0.1, 0.15) is 5.78 Å². The lowest BCUT2D eigenvalue weighted by Crippen LogP contribution is -2.13. The second-order valence-electron chi connectivity index (χ2n) is 4.51. The van der Waals surface area contributed by atoms with Gasteiger partial charge in [-0.2, -0.15) is 0 Å². The van der Waals surface area contributed by atoms with Crippen LogP contribution in [0.25, 0.3) is 0 Å². The van der Waals surface area contributed by atoms with Crippen LogP contribution < -0.4 is 10.6 Å². The second kappa shape index (κ2) is 11.1. The average molecular weight is 278 g/mol. The molecule has 0 bridgehead atoms. The molecule has 2 N–H and O–H groups in total. The third kappa shape index (κ3) is 9.20. The first-order valence-electron chi connectivity index (χ1n) is 6.96. The number of hydrogen-bond donors (Lipinski definition) is 2. The molecule has 0 saturated heterocycles. The molecule has 0 atom stereocenters. The molecule has 1 rings (SSSR count). The van der Waals surface area contributed by atoms with E-state index in [0.29, 0.717) is 0 Å². The highest BCUT2D eigenvalue weighted by molar-refractivity contribution is 5.72. The molecule has 1 aromatic carbocycles. The summed E-state index contributed by atoms with van der Waals surface area (Å²) < 4.78 is 0. The van der Waals surface area contributed by atoms with Gasteiger partial charge >= 0.3 is 0 Å². The Morgan fingerprint density at radius 3 is 1.80 bits per heavy atom. The van der Waals surface area contributed by atoms with E-state index >= 15 is 0 Å². The van der Waals surface area contributed by atoms with Gasteiger partial charge in [0.2, 0.25) is 0 Å². The van der Waals surface area contributed by atoms with Crippen molar-refractivity contribution < 1.29 is 4.79 Å². The van der Waals surface area contributed by atoms with Gasteiger partial charge in [0.05, 0.1) is 5.82 Å². The summed E-state index contributed by atoms with van der Waals surface area (Å²) in [5.41, 5.74) is 4.97. The van der Waals surface area contributed by atoms with Crippen molar-refractivity contribution in [1.29, 1.82) is 0 Å². The highest BCUT2D eigenvalue weighted by atomic mass is 16.1. The quantitative estimate of drug-likeness (QED) is 0.864. The highest BCUT2D eigenvalue weighted by Gasteiger charge is 2.01. The van der Waals surface area contributed by atoms with Crippen LogP contribution in [0.1, 0.15) is 44.4 Å². The van der Waals surface area contributed by atoms with Crippen molar-refractivity contribution in [1.82, 2.24) is 5.32 Å². The molecule has 0 aliphatic carbocycles. The van der Waals surface area contributed by atoms with Gasteiger partial charge in [0, 0.05) is 12.7 Å². The number of Topliss-reactive ketones (excluding diaryl/α,β-unsaturated/α-hetero) is 1. The van der Waals surface area contributed by atoms with Crippen LogP contribution in [0.5, 0.6) is 0 Å². The van der Waals surface area contributed by atoms with Crippen LogP contribution in [0.2, 0.25) is 0 Å². The van der Waals surface area contributed by atoms with E-state index in [4.69, 9.17) is 0 Å². The predicted octanol–water partition coefficient (Wildman–Crippen LogP) is 4.34. The molecular formula is C17H30N2O. The average Bonchev–Trinajstić information content (AvgIpc) is 2.37. The Hall–Kier alpha value is -1.77. The largest absolute Gasteiger partial charge is 0.375 e. The summed E-state index contributed by atoms with van der Waals surface area (Å²) in [6.45, 7) is 17.2. The van der Waals surface area contributed by atoms with Gasteiger partial charge in [-0.3, -0.25) is 0 Å². The van der Waals surface area contributed by atoms with E-state index in [2.05, 4.69) is 50.1 Å². The maximum atomic E-state index is 9.44. The third-order valence-corrected chi connectivity index (χ3v) is 2.43. The number of nitrogens with one attached hydrogen (secondary N) is 2. The predicted molar refractivity (Wildman–Crippen MR) is 90.2 cm³/mol.